The Bertz CT molecular complexity index is 680. The third-order valence-corrected chi connectivity index (χ3v) is 5.55. The Labute approximate surface area is 140 Å². The molecule has 0 bridgehead atoms. The maximum Gasteiger partial charge on any atom is 0.253 e. The Kier molecular flexibility index (Phi) is 3.72. The molecule has 1 spiro atoms. The van der Waals surface area contributed by atoms with E-state index in [1.54, 1.807) is 0 Å². The van der Waals surface area contributed by atoms with Crippen molar-refractivity contribution in [3.63, 3.8) is 0 Å². The SMILES string of the molecule is O=C(c1ccc2c(c1)CCO2)N1CCC2(CC1)C[C@H](O)CNC2=O. The van der Waals surface area contributed by atoms with E-state index >= 15 is 0 Å². The van der Waals surface area contributed by atoms with Crippen LogP contribution < -0.4 is 10.1 Å². The predicted octanol–water partition coefficient (Wildman–Crippen LogP) is 0.725. The fourth-order valence-electron chi connectivity index (χ4n) is 4.09. The zero-order valence-corrected chi connectivity index (χ0v) is 13.6. The van der Waals surface area contributed by atoms with Gasteiger partial charge in [-0.15, -0.1) is 0 Å². The molecule has 128 valence electrons. The number of piperidine rings is 2. The van der Waals surface area contributed by atoms with E-state index in [4.69, 9.17) is 4.74 Å². The van der Waals surface area contributed by atoms with Crippen molar-refractivity contribution < 1.29 is 19.4 Å². The third kappa shape index (κ3) is 2.55. The highest BCUT2D eigenvalue weighted by atomic mass is 16.5. The number of β-amino-alcohol motifs (C(OH)–C–C–N with tert-alkyl or cyclic N) is 1. The van der Waals surface area contributed by atoms with Crippen LogP contribution in [0.1, 0.15) is 35.2 Å². The number of nitrogens with one attached hydrogen (secondary N) is 1. The molecular weight excluding hydrogens is 308 g/mol. The van der Waals surface area contributed by atoms with Crippen LogP contribution in [-0.2, 0) is 11.2 Å². The fourth-order valence-corrected chi connectivity index (χ4v) is 4.09. The molecule has 0 aromatic heterocycles. The van der Waals surface area contributed by atoms with Gasteiger partial charge >= 0.3 is 0 Å². The maximum atomic E-state index is 12.8. The summed E-state index contributed by atoms with van der Waals surface area (Å²) >= 11 is 0. The van der Waals surface area contributed by atoms with Gasteiger partial charge in [-0.3, -0.25) is 9.59 Å². The molecule has 0 radical (unpaired) electrons. The first-order valence-electron chi connectivity index (χ1n) is 8.59. The Morgan fingerprint density at radius 3 is 2.92 bits per heavy atom. The number of amides is 2. The first-order valence-corrected chi connectivity index (χ1v) is 8.59. The number of aliphatic hydroxyl groups is 1. The number of aliphatic hydroxyl groups excluding tert-OH is 1. The molecule has 1 aromatic carbocycles. The van der Waals surface area contributed by atoms with Crippen molar-refractivity contribution in [2.75, 3.05) is 26.2 Å². The van der Waals surface area contributed by atoms with Crippen LogP contribution in [0.5, 0.6) is 5.75 Å². The summed E-state index contributed by atoms with van der Waals surface area (Å²) in [6.07, 6.45) is 2.07. The van der Waals surface area contributed by atoms with E-state index in [0.29, 0.717) is 51.1 Å². The topological polar surface area (TPSA) is 78.9 Å². The van der Waals surface area contributed by atoms with Crippen molar-refractivity contribution in [1.82, 2.24) is 10.2 Å². The number of carbonyl (C=O) groups is 2. The van der Waals surface area contributed by atoms with Gasteiger partial charge in [-0.1, -0.05) is 0 Å². The lowest BCUT2D eigenvalue weighted by Crippen LogP contribution is -2.56. The second-order valence-electron chi connectivity index (χ2n) is 7.06. The number of fused-ring (bicyclic) bond motifs is 1. The summed E-state index contributed by atoms with van der Waals surface area (Å²) in [4.78, 5) is 26.8. The lowest BCUT2D eigenvalue weighted by molar-refractivity contribution is -0.140. The van der Waals surface area contributed by atoms with E-state index in [-0.39, 0.29) is 11.8 Å². The minimum Gasteiger partial charge on any atom is -0.493 e. The lowest BCUT2D eigenvalue weighted by Gasteiger charge is -2.44. The van der Waals surface area contributed by atoms with E-state index in [2.05, 4.69) is 5.32 Å². The molecule has 6 heteroatoms. The van der Waals surface area contributed by atoms with Gasteiger partial charge in [-0.2, -0.15) is 0 Å². The highest BCUT2D eigenvalue weighted by molar-refractivity contribution is 5.95. The van der Waals surface area contributed by atoms with Crippen LogP contribution in [0.4, 0.5) is 0 Å². The Morgan fingerprint density at radius 2 is 2.12 bits per heavy atom. The van der Waals surface area contributed by atoms with E-state index in [9.17, 15) is 14.7 Å². The van der Waals surface area contributed by atoms with E-state index in [0.717, 1.165) is 17.7 Å². The number of benzene rings is 1. The highest BCUT2D eigenvalue weighted by Gasteiger charge is 2.45. The number of hydrogen-bond acceptors (Lipinski definition) is 4. The number of likely N-dealkylation sites (tertiary alicyclic amines) is 1. The largest absolute Gasteiger partial charge is 0.493 e. The van der Waals surface area contributed by atoms with Gasteiger partial charge in [0, 0.05) is 31.6 Å². The van der Waals surface area contributed by atoms with Crippen molar-refractivity contribution in [3.8, 4) is 5.75 Å². The molecule has 0 saturated carbocycles. The second kappa shape index (κ2) is 5.77. The molecule has 3 heterocycles. The Morgan fingerprint density at radius 1 is 1.33 bits per heavy atom. The summed E-state index contributed by atoms with van der Waals surface area (Å²) < 4.78 is 5.48. The van der Waals surface area contributed by atoms with Gasteiger partial charge < -0.3 is 20.1 Å². The average molecular weight is 330 g/mol. The molecular formula is C18H22N2O4. The quantitative estimate of drug-likeness (QED) is 0.795. The monoisotopic (exact) mass is 330 g/mol. The van der Waals surface area contributed by atoms with E-state index in [1.807, 2.05) is 23.1 Å². The van der Waals surface area contributed by atoms with Crippen LogP contribution in [0.3, 0.4) is 0 Å². The molecule has 2 N–H and O–H groups in total. The summed E-state index contributed by atoms with van der Waals surface area (Å²) in [7, 11) is 0. The van der Waals surface area contributed by atoms with Gasteiger partial charge in [0.2, 0.25) is 5.91 Å². The van der Waals surface area contributed by atoms with Gasteiger partial charge in [0.05, 0.1) is 18.1 Å². The third-order valence-electron chi connectivity index (χ3n) is 5.55. The van der Waals surface area contributed by atoms with Crippen LogP contribution in [0.25, 0.3) is 0 Å². The van der Waals surface area contributed by atoms with E-state index in [1.165, 1.54) is 0 Å². The highest BCUT2D eigenvalue weighted by Crippen LogP contribution is 2.38. The minimum atomic E-state index is -0.514. The van der Waals surface area contributed by atoms with E-state index < -0.39 is 11.5 Å². The van der Waals surface area contributed by atoms with Gasteiger partial charge in [0.15, 0.2) is 0 Å². The molecule has 2 saturated heterocycles. The van der Waals surface area contributed by atoms with Crippen molar-refractivity contribution in [2.45, 2.75) is 31.8 Å². The van der Waals surface area contributed by atoms with Gasteiger partial charge in [-0.25, -0.2) is 0 Å². The number of rotatable bonds is 1. The van der Waals surface area contributed by atoms with Crippen LogP contribution in [0.2, 0.25) is 0 Å². The normalized spacial score (nSPS) is 25.1. The van der Waals surface area contributed by atoms with Crippen LogP contribution >= 0.6 is 0 Å². The zero-order valence-electron chi connectivity index (χ0n) is 13.6. The second-order valence-corrected chi connectivity index (χ2v) is 7.06. The number of carbonyl (C=O) groups excluding carboxylic acids is 2. The molecule has 1 aromatic rings. The van der Waals surface area contributed by atoms with Crippen molar-refractivity contribution in [1.29, 1.82) is 0 Å². The summed E-state index contributed by atoms with van der Waals surface area (Å²) in [5, 5.41) is 12.7. The van der Waals surface area contributed by atoms with Crippen LogP contribution in [0, 0.1) is 5.41 Å². The molecule has 3 aliphatic heterocycles. The van der Waals surface area contributed by atoms with Gasteiger partial charge in [0.25, 0.3) is 5.91 Å². The Balaban J connectivity index is 1.45. The number of hydrogen-bond donors (Lipinski definition) is 2. The summed E-state index contributed by atoms with van der Waals surface area (Å²) in [6, 6.07) is 5.60. The first-order chi connectivity index (χ1) is 11.6. The molecule has 4 rings (SSSR count). The zero-order chi connectivity index (χ0) is 16.7. The molecule has 24 heavy (non-hydrogen) atoms. The van der Waals surface area contributed by atoms with Crippen LogP contribution in [-0.4, -0.2) is 54.2 Å². The van der Waals surface area contributed by atoms with Crippen molar-refractivity contribution >= 4 is 11.8 Å². The standard InChI is InChI=1S/C18H22N2O4/c21-14-10-18(17(23)19-11-14)4-6-20(7-5-18)16(22)13-1-2-15-12(9-13)3-8-24-15/h1-2,9,14,21H,3-8,10-11H2,(H,19,23)/t14-/m0/s1. The molecule has 1 atom stereocenters. The van der Waals surface area contributed by atoms with Gasteiger partial charge in [-0.05, 0) is 43.0 Å². The maximum absolute atomic E-state index is 12.8. The summed E-state index contributed by atoms with van der Waals surface area (Å²) in [5.74, 6) is 0.905. The van der Waals surface area contributed by atoms with Crippen LogP contribution in [0.15, 0.2) is 18.2 Å². The van der Waals surface area contributed by atoms with Crippen molar-refractivity contribution in [2.24, 2.45) is 5.41 Å². The number of ether oxygens (including phenoxy) is 1. The smallest absolute Gasteiger partial charge is 0.253 e. The molecule has 0 aliphatic carbocycles. The predicted molar refractivity (Wildman–Crippen MR) is 86.8 cm³/mol. The lowest BCUT2D eigenvalue weighted by atomic mass is 9.71. The summed E-state index contributed by atoms with van der Waals surface area (Å²) in [5.41, 5.74) is 1.26. The molecule has 2 amide bonds. The molecule has 3 aliphatic rings. The minimum absolute atomic E-state index is 0.0105. The average Bonchev–Trinajstić information content (AvgIpc) is 3.06. The van der Waals surface area contributed by atoms with Gasteiger partial charge in [0.1, 0.15) is 5.75 Å². The molecule has 2 fully saturated rings. The number of nitrogens with zero attached hydrogens (tertiary/aromatic N) is 1. The first kappa shape index (κ1) is 15.4. The Hall–Kier alpha value is -2.08. The molecule has 6 nitrogen and oxygen atoms in total. The molecule has 0 unspecified atom stereocenters. The fraction of sp³-hybridized carbons (Fsp3) is 0.556. The van der Waals surface area contributed by atoms with Crippen molar-refractivity contribution in [3.05, 3.63) is 29.3 Å². The summed E-state index contributed by atoms with van der Waals surface area (Å²) in [6.45, 7) is 2.11.